The van der Waals surface area contributed by atoms with Crippen molar-refractivity contribution in [3.63, 3.8) is 0 Å². The molecular formula is C53H32N4O. The normalized spacial score (nSPS) is 11.8. The summed E-state index contributed by atoms with van der Waals surface area (Å²) in [5.41, 5.74) is 9.81. The Kier molecular flexibility index (Phi) is 7.16. The number of fused-ring (bicyclic) bond motifs is 9. The third kappa shape index (κ3) is 5.07. The van der Waals surface area contributed by atoms with Gasteiger partial charge in [-0.1, -0.05) is 158 Å². The molecule has 12 rings (SSSR count). The standard InChI is InChI=1S/C53H32N4O/c1-3-16-35(17-4-1)51-54-52(36-18-5-2-6-19-36)56-53(55-51)37-26-28-42-44-30-38(40-24-13-20-33-14-7-9-21-39(33)40)31-47(50(44)58-48(42)32-37)57-45-25-12-11-23-43(45)49-41-22-10-8-15-34(41)27-29-46(49)57/h1-32H. The van der Waals surface area contributed by atoms with Crippen LogP contribution in [-0.2, 0) is 0 Å². The molecule has 3 aromatic heterocycles. The van der Waals surface area contributed by atoms with E-state index in [9.17, 15) is 0 Å². The fourth-order valence-electron chi connectivity index (χ4n) is 8.73. The van der Waals surface area contributed by atoms with E-state index in [1.54, 1.807) is 0 Å². The van der Waals surface area contributed by atoms with E-state index in [2.05, 4.69) is 138 Å². The zero-order valence-electron chi connectivity index (χ0n) is 31.2. The van der Waals surface area contributed by atoms with Gasteiger partial charge in [0.25, 0.3) is 0 Å². The molecule has 0 atom stereocenters. The summed E-state index contributed by atoms with van der Waals surface area (Å²) in [4.78, 5) is 15.0. The molecule has 0 spiro atoms. The minimum Gasteiger partial charge on any atom is -0.454 e. The molecule has 270 valence electrons. The van der Waals surface area contributed by atoms with Crippen molar-refractivity contribution in [2.45, 2.75) is 0 Å². The predicted octanol–water partition coefficient (Wildman–Crippen LogP) is 13.8. The van der Waals surface area contributed by atoms with Crippen molar-refractivity contribution in [2.24, 2.45) is 0 Å². The lowest BCUT2D eigenvalue weighted by Gasteiger charge is -2.13. The summed E-state index contributed by atoms with van der Waals surface area (Å²) < 4.78 is 9.46. The Morgan fingerprint density at radius 1 is 0.362 bits per heavy atom. The maximum absolute atomic E-state index is 7.07. The van der Waals surface area contributed by atoms with E-state index in [-0.39, 0.29) is 0 Å². The quantitative estimate of drug-likeness (QED) is 0.176. The lowest BCUT2D eigenvalue weighted by Crippen LogP contribution is -2.00. The Morgan fingerprint density at radius 2 is 0.966 bits per heavy atom. The number of nitrogens with zero attached hydrogens (tertiary/aromatic N) is 4. The average molecular weight is 741 g/mol. The molecule has 0 radical (unpaired) electrons. The SMILES string of the molecule is c1ccc(-c2nc(-c3ccccc3)nc(-c3ccc4c(c3)oc3c(-n5c6ccccc6c6c7ccccc7ccc65)cc(-c5cccc6ccccc56)cc34)n2)cc1. The van der Waals surface area contributed by atoms with Gasteiger partial charge in [0, 0.05) is 38.2 Å². The van der Waals surface area contributed by atoms with Crippen LogP contribution in [0.4, 0.5) is 0 Å². The molecule has 0 saturated carbocycles. The van der Waals surface area contributed by atoms with Gasteiger partial charge in [0.2, 0.25) is 0 Å². The molecule has 0 unspecified atom stereocenters. The van der Waals surface area contributed by atoms with Crippen molar-refractivity contribution in [3.8, 4) is 51.0 Å². The van der Waals surface area contributed by atoms with Gasteiger partial charge in [-0.05, 0) is 69.1 Å². The van der Waals surface area contributed by atoms with E-state index in [0.29, 0.717) is 17.5 Å². The number of benzene rings is 9. The van der Waals surface area contributed by atoms with Crippen LogP contribution in [0.15, 0.2) is 199 Å². The third-order valence-corrected chi connectivity index (χ3v) is 11.4. The van der Waals surface area contributed by atoms with E-state index in [1.165, 1.54) is 37.9 Å². The Morgan fingerprint density at radius 3 is 1.71 bits per heavy atom. The Bertz CT molecular complexity index is 3500. The molecule has 0 fully saturated rings. The number of para-hydroxylation sites is 1. The van der Waals surface area contributed by atoms with Gasteiger partial charge < -0.3 is 8.98 Å². The van der Waals surface area contributed by atoms with Gasteiger partial charge in [-0.25, -0.2) is 15.0 Å². The minimum atomic E-state index is 0.584. The number of hydrogen-bond donors (Lipinski definition) is 0. The monoisotopic (exact) mass is 740 g/mol. The van der Waals surface area contributed by atoms with Crippen molar-refractivity contribution in [1.29, 1.82) is 0 Å². The predicted molar refractivity (Wildman–Crippen MR) is 238 cm³/mol. The highest BCUT2D eigenvalue weighted by molar-refractivity contribution is 6.22. The molecular weight excluding hydrogens is 709 g/mol. The zero-order valence-corrected chi connectivity index (χ0v) is 31.2. The molecule has 5 heteroatoms. The van der Waals surface area contributed by atoms with Crippen LogP contribution < -0.4 is 0 Å². The first-order chi connectivity index (χ1) is 28.7. The molecule has 0 aliphatic carbocycles. The van der Waals surface area contributed by atoms with Crippen molar-refractivity contribution < 1.29 is 4.42 Å². The molecule has 3 heterocycles. The van der Waals surface area contributed by atoms with Crippen LogP contribution in [0, 0.1) is 0 Å². The highest BCUT2D eigenvalue weighted by Gasteiger charge is 2.22. The van der Waals surface area contributed by atoms with Gasteiger partial charge in [-0.2, -0.15) is 0 Å². The van der Waals surface area contributed by atoms with Gasteiger partial charge in [0.05, 0.1) is 16.7 Å². The molecule has 12 aromatic rings. The van der Waals surface area contributed by atoms with Crippen LogP contribution >= 0.6 is 0 Å². The van der Waals surface area contributed by atoms with E-state index >= 15 is 0 Å². The van der Waals surface area contributed by atoms with E-state index in [0.717, 1.165) is 60.9 Å². The maximum atomic E-state index is 7.07. The summed E-state index contributed by atoms with van der Waals surface area (Å²) in [5, 5.41) is 9.35. The first kappa shape index (κ1) is 32.4. The summed E-state index contributed by atoms with van der Waals surface area (Å²) in [6, 6.07) is 68.1. The summed E-state index contributed by atoms with van der Waals surface area (Å²) >= 11 is 0. The van der Waals surface area contributed by atoms with Crippen LogP contribution in [0.3, 0.4) is 0 Å². The molecule has 0 aliphatic rings. The molecule has 0 aliphatic heterocycles. The summed E-state index contributed by atoms with van der Waals surface area (Å²) in [5.74, 6) is 1.83. The van der Waals surface area contributed by atoms with Gasteiger partial charge >= 0.3 is 0 Å². The minimum absolute atomic E-state index is 0.584. The van der Waals surface area contributed by atoms with E-state index < -0.39 is 0 Å². The largest absolute Gasteiger partial charge is 0.454 e. The second kappa shape index (κ2) is 12.8. The van der Waals surface area contributed by atoms with Crippen LogP contribution in [0.25, 0.3) is 116 Å². The maximum Gasteiger partial charge on any atom is 0.164 e. The number of furan rings is 1. The van der Waals surface area contributed by atoms with Crippen LogP contribution in [-0.4, -0.2) is 19.5 Å². The topological polar surface area (TPSA) is 56.7 Å². The second-order valence-electron chi connectivity index (χ2n) is 14.8. The lowest BCUT2D eigenvalue weighted by molar-refractivity contribution is 0.666. The first-order valence-electron chi connectivity index (χ1n) is 19.5. The first-order valence-corrected chi connectivity index (χ1v) is 19.5. The summed E-state index contributed by atoms with van der Waals surface area (Å²) in [6.45, 7) is 0. The zero-order chi connectivity index (χ0) is 38.2. The molecule has 5 nitrogen and oxygen atoms in total. The van der Waals surface area contributed by atoms with Crippen molar-refractivity contribution >= 4 is 65.3 Å². The van der Waals surface area contributed by atoms with Gasteiger partial charge in [-0.15, -0.1) is 0 Å². The van der Waals surface area contributed by atoms with Gasteiger partial charge in [0.1, 0.15) is 5.58 Å². The summed E-state index contributed by atoms with van der Waals surface area (Å²) in [7, 11) is 0. The van der Waals surface area contributed by atoms with Crippen LogP contribution in [0.1, 0.15) is 0 Å². The molecule has 58 heavy (non-hydrogen) atoms. The fraction of sp³-hybridized carbons (Fsp3) is 0. The van der Waals surface area contributed by atoms with Crippen molar-refractivity contribution in [2.75, 3.05) is 0 Å². The van der Waals surface area contributed by atoms with Gasteiger partial charge in [-0.3, -0.25) is 0 Å². The van der Waals surface area contributed by atoms with Gasteiger partial charge in [0.15, 0.2) is 23.1 Å². The number of hydrogen-bond acceptors (Lipinski definition) is 4. The Hall–Kier alpha value is -7.89. The second-order valence-corrected chi connectivity index (χ2v) is 14.8. The Labute approximate surface area is 333 Å². The summed E-state index contributed by atoms with van der Waals surface area (Å²) in [6.07, 6.45) is 0. The number of aromatic nitrogens is 4. The molecule has 9 aromatic carbocycles. The smallest absolute Gasteiger partial charge is 0.164 e. The molecule has 0 bridgehead atoms. The number of rotatable bonds is 5. The van der Waals surface area contributed by atoms with Crippen molar-refractivity contribution in [3.05, 3.63) is 194 Å². The highest BCUT2D eigenvalue weighted by atomic mass is 16.3. The van der Waals surface area contributed by atoms with E-state index in [1.807, 2.05) is 60.7 Å². The van der Waals surface area contributed by atoms with Crippen molar-refractivity contribution in [1.82, 2.24) is 19.5 Å². The Balaban J connectivity index is 1.14. The fourth-order valence-corrected chi connectivity index (χ4v) is 8.73. The van der Waals surface area contributed by atoms with Crippen LogP contribution in [0.5, 0.6) is 0 Å². The third-order valence-electron chi connectivity index (χ3n) is 11.4. The van der Waals surface area contributed by atoms with E-state index in [4.69, 9.17) is 19.4 Å². The molecule has 0 amide bonds. The molecule has 0 saturated heterocycles. The van der Waals surface area contributed by atoms with Crippen LogP contribution in [0.2, 0.25) is 0 Å². The highest BCUT2D eigenvalue weighted by Crippen LogP contribution is 2.44. The lowest BCUT2D eigenvalue weighted by atomic mass is 9.96. The molecule has 0 N–H and O–H groups in total. The average Bonchev–Trinajstić information content (AvgIpc) is 3.84.